The maximum absolute atomic E-state index is 5.57. The zero-order valence-electron chi connectivity index (χ0n) is 15.4. The SMILES string of the molecule is CCOc1ccc(-c2ccccc2-c2ccc(-c3ccccc3)cc2)cc1. The fourth-order valence-corrected chi connectivity index (χ4v) is 3.36. The summed E-state index contributed by atoms with van der Waals surface area (Å²) in [5, 5.41) is 0. The minimum absolute atomic E-state index is 0.684. The molecule has 0 aromatic heterocycles. The van der Waals surface area contributed by atoms with Gasteiger partial charge in [-0.25, -0.2) is 0 Å². The van der Waals surface area contributed by atoms with Gasteiger partial charge in [-0.2, -0.15) is 0 Å². The van der Waals surface area contributed by atoms with Crippen LogP contribution in [-0.4, -0.2) is 6.61 Å². The molecule has 4 aromatic carbocycles. The minimum Gasteiger partial charge on any atom is -0.494 e. The van der Waals surface area contributed by atoms with Gasteiger partial charge in [-0.05, 0) is 52.4 Å². The molecule has 4 rings (SSSR count). The van der Waals surface area contributed by atoms with Crippen LogP contribution in [0.15, 0.2) is 103 Å². The molecule has 4 aromatic rings. The number of benzene rings is 4. The summed E-state index contributed by atoms with van der Waals surface area (Å²) in [5.41, 5.74) is 7.36. The molecule has 0 amide bonds. The number of ether oxygens (including phenoxy) is 1. The van der Waals surface area contributed by atoms with Gasteiger partial charge in [0.2, 0.25) is 0 Å². The number of hydrogen-bond donors (Lipinski definition) is 0. The van der Waals surface area contributed by atoms with Gasteiger partial charge in [0.1, 0.15) is 5.75 Å². The Morgan fingerprint density at radius 1 is 0.481 bits per heavy atom. The van der Waals surface area contributed by atoms with Gasteiger partial charge in [0, 0.05) is 0 Å². The van der Waals surface area contributed by atoms with E-state index in [1.807, 2.05) is 25.1 Å². The molecule has 1 heteroatoms. The average Bonchev–Trinajstić information content (AvgIpc) is 2.75. The number of rotatable bonds is 5. The third-order valence-corrected chi connectivity index (χ3v) is 4.71. The predicted molar refractivity (Wildman–Crippen MR) is 114 cm³/mol. The highest BCUT2D eigenvalue weighted by atomic mass is 16.5. The van der Waals surface area contributed by atoms with Crippen LogP contribution in [0.5, 0.6) is 5.75 Å². The Morgan fingerprint density at radius 3 is 1.48 bits per heavy atom. The molecule has 0 bridgehead atoms. The van der Waals surface area contributed by atoms with E-state index in [9.17, 15) is 0 Å². The highest BCUT2D eigenvalue weighted by molar-refractivity contribution is 5.84. The second-order valence-corrected chi connectivity index (χ2v) is 6.45. The fraction of sp³-hybridized carbons (Fsp3) is 0.0769. The van der Waals surface area contributed by atoms with Crippen molar-refractivity contribution < 1.29 is 4.74 Å². The van der Waals surface area contributed by atoms with E-state index in [4.69, 9.17) is 4.74 Å². The average molecular weight is 350 g/mol. The lowest BCUT2D eigenvalue weighted by atomic mass is 9.93. The Kier molecular flexibility index (Phi) is 5.02. The first-order valence-corrected chi connectivity index (χ1v) is 9.33. The first-order valence-electron chi connectivity index (χ1n) is 9.33. The molecule has 0 N–H and O–H groups in total. The predicted octanol–water partition coefficient (Wildman–Crippen LogP) is 7.09. The monoisotopic (exact) mass is 350 g/mol. The van der Waals surface area contributed by atoms with Crippen molar-refractivity contribution in [3.63, 3.8) is 0 Å². The van der Waals surface area contributed by atoms with Gasteiger partial charge in [-0.15, -0.1) is 0 Å². The molecular formula is C26H22O. The maximum atomic E-state index is 5.57. The zero-order chi connectivity index (χ0) is 18.5. The Morgan fingerprint density at radius 2 is 0.926 bits per heavy atom. The van der Waals surface area contributed by atoms with Crippen LogP contribution in [0, 0.1) is 0 Å². The summed E-state index contributed by atoms with van der Waals surface area (Å²) in [5.74, 6) is 0.908. The summed E-state index contributed by atoms with van der Waals surface area (Å²) in [6.45, 7) is 2.69. The van der Waals surface area contributed by atoms with Crippen LogP contribution in [0.3, 0.4) is 0 Å². The van der Waals surface area contributed by atoms with Crippen molar-refractivity contribution in [2.75, 3.05) is 6.61 Å². The van der Waals surface area contributed by atoms with Crippen LogP contribution in [0.2, 0.25) is 0 Å². The second kappa shape index (κ2) is 7.92. The molecule has 0 atom stereocenters. The molecule has 0 fully saturated rings. The highest BCUT2D eigenvalue weighted by Gasteiger charge is 2.08. The van der Waals surface area contributed by atoms with Crippen LogP contribution in [0.1, 0.15) is 6.92 Å². The Hall–Kier alpha value is -3.32. The van der Waals surface area contributed by atoms with Crippen molar-refractivity contribution in [2.45, 2.75) is 6.92 Å². The smallest absolute Gasteiger partial charge is 0.119 e. The first kappa shape index (κ1) is 17.1. The van der Waals surface area contributed by atoms with E-state index in [0.29, 0.717) is 6.61 Å². The molecule has 1 nitrogen and oxygen atoms in total. The largest absolute Gasteiger partial charge is 0.494 e. The molecule has 0 unspecified atom stereocenters. The summed E-state index contributed by atoms with van der Waals surface area (Å²) >= 11 is 0. The quantitative estimate of drug-likeness (QED) is 0.373. The van der Waals surface area contributed by atoms with Crippen molar-refractivity contribution >= 4 is 0 Å². The first-order chi connectivity index (χ1) is 13.3. The number of hydrogen-bond acceptors (Lipinski definition) is 1. The lowest BCUT2D eigenvalue weighted by Crippen LogP contribution is -1.91. The molecule has 0 radical (unpaired) electrons. The Balaban J connectivity index is 1.68. The van der Waals surface area contributed by atoms with Crippen LogP contribution >= 0.6 is 0 Å². The van der Waals surface area contributed by atoms with Gasteiger partial charge < -0.3 is 4.74 Å². The summed E-state index contributed by atoms with van der Waals surface area (Å²) < 4.78 is 5.57. The molecule has 0 saturated carbocycles. The van der Waals surface area contributed by atoms with Gasteiger partial charge in [0.25, 0.3) is 0 Å². The second-order valence-electron chi connectivity index (χ2n) is 6.45. The van der Waals surface area contributed by atoms with Gasteiger partial charge in [-0.3, -0.25) is 0 Å². The fourth-order valence-electron chi connectivity index (χ4n) is 3.36. The molecule has 0 aliphatic heterocycles. The van der Waals surface area contributed by atoms with Crippen LogP contribution in [-0.2, 0) is 0 Å². The van der Waals surface area contributed by atoms with Crippen LogP contribution < -0.4 is 4.74 Å². The lowest BCUT2D eigenvalue weighted by molar-refractivity contribution is 0.340. The molecule has 0 aliphatic rings. The molecule has 132 valence electrons. The maximum Gasteiger partial charge on any atom is 0.119 e. The highest BCUT2D eigenvalue weighted by Crippen LogP contribution is 2.34. The third kappa shape index (κ3) is 3.78. The third-order valence-electron chi connectivity index (χ3n) is 4.71. The summed E-state index contributed by atoms with van der Waals surface area (Å²) in [4.78, 5) is 0. The van der Waals surface area contributed by atoms with Crippen molar-refractivity contribution in [1.82, 2.24) is 0 Å². The topological polar surface area (TPSA) is 9.23 Å². The summed E-state index contributed by atoms with van der Waals surface area (Å²) in [6.07, 6.45) is 0. The molecular weight excluding hydrogens is 328 g/mol. The van der Waals surface area contributed by atoms with E-state index in [-0.39, 0.29) is 0 Å². The molecule has 0 aliphatic carbocycles. The van der Waals surface area contributed by atoms with Gasteiger partial charge in [-0.1, -0.05) is 91.0 Å². The van der Waals surface area contributed by atoms with E-state index < -0.39 is 0 Å². The van der Waals surface area contributed by atoms with Gasteiger partial charge >= 0.3 is 0 Å². The minimum atomic E-state index is 0.684. The van der Waals surface area contributed by atoms with Crippen LogP contribution in [0.25, 0.3) is 33.4 Å². The summed E-state index contributed by atoms with van der Waals surface area (Å²) in [6, 6.07) is 36.1. The summed E-state index contributed by atoms with van der Waals surface area (Å²) in [7, 11) is 0. The molecule has 0 spiro atoms. The zero-order valence-corrected chi connectivity index (χ0v) is 15.4. The van der Waals surface area contributed by atoms with Gasteiger partial charge in [0.15, 0.2) is 0 Å². The van der Waals surface area contributed by atoms with Crippen molar-refractivity contribution in [2.24, 2.45) is 0 Å². The van der Waals surface area contributed by atoms with Crippen molar-refractivity contribution in [3.05, 3.63) is 103 Å². The Bertz CT molecular complexity index is 1000. The van der Waals surface area contributed by atoms with E-state index in [1.54, 1.807) is 0 Å². The molecule has 0 heterocycles. The van der Waals surface area contributed by atoms with E-state index in [1.165, 1.54) is 33.4 Å². The lowest BCUT2D eigenvalue weighted by Gasteiger charge is -2.12. The Labute approximate surface area is 160 Å². The van der Waals surface area contributed by atoms with Crippen molar-refractivity contribution in [1.29, 1.82) is 0 Å². The van der Waals surface area contributed by atoms with E-state index in [0.717, 1.165) is 5.75 Å². The van der Waals surface area contributed by atoms with E-state index in [2.05, 4.69) is 84.9 Å². The standard InChI is InChI=1S/C26H22O/c1-2-27-24-18-16-23(17-19-24)26-11-7-6-10-25(26)22-14-12-21(13-15-22)20-8-4-3-5-9-20/h3-19H,2H2,1H3. The van der Waals surface area contributed by atoms with Gasteiger partial charge in [0.05, 0.1) is 6.61 Å². The van der Waals surface area contributed by atoms with Crippen LogP contribution in [0.4, 0.5) is 0 Å². The normalized spacial score (nSPS) is 10.6. The van der Waals surface area contributed by atoms with Crippen molar-refractivity contribution in [3.8, 4) is 39.1 Å². The molecule has 27 heavy (non-hydrogen) atoms. The van der Waals surface area contributed by atoms with E-state index >= 15 is 0 Å². The molecule has 0 saturated heterocycles.